The van der Waals surface area contributed by atoms with Crippen molar-refractivity contribution in [1.82, 2.24) is 20.2 Å². The standard InChI is InChI=1S/C18H26N4O3.C2HF3O2/c23-18(14-10-19-5-6-20-14)21-15-12-22(11-13-3-8-24-9-4-13)16-2-1-7-25-17(15)16;3-2(4,5)1(6)7/h5-6,10,13,15-17H,1-4,7-9,11-12H2,(H,21,23);(H,6,7)/t15-,16-,17-;/m0./s1. The fraction of sp³-hybridized carbons (Fsp3) is 0.700. The van der Waals surface area contributed by atoms with Gasteiger partial charge in [0.1, 0.15) is 5.69 Å². The molecule has 3 aliphatic rings. The minimum Gasteiger partial charge on any atom is -0.475 e. The van der Waals surface area contributed by atoms with Crippen molar-refractivity contribution in [3.63, 3.8) is 0 Å². The van der Waals surface area contributed by atoms with Gasteiger partial charge in [-0.05, 0) is 31.6 Å². The minimum atomic E-state index is -5.08. The number of carbonyl (C=O) groups is 2. The predicted molar refractivity (Wildman–Crippen MR) is 105 cm³/mol. The molecular formula is C20H27F3N4O5. The van der Waals surface area contributed by atoms with Crippen LogP contribution >= 0.6 is 0 Å². The molecule has 0 bridgehead atoms. The molecule has 1 aromatic heterocycles. The van der Waals surface area contributed by atoms with Gasteiger partial charge in [0.2, 0.25) is 0 Å². The van der Waals surface area contributed by atoms with Crippen LogP contribution in [-0.2, 0) is 14.3 Å². The van der Waals surface area contributed by atoms with E-state index in [4.69, 9.17) is 19.4 Å². The molecule has 2 N–H and O–H groups in total. The third-order valence-electron chi connectivity index (χ3n) is 5.82. The number of hydrogen-bond acceptors (Lipinski definition) is 7. The Morgan fingerprint density at radius 3 is 2.53 bits per heavy atom. The number of carboxylic acids is 1. The number of halogens is 3. The Bertz CT molecular complexity index is 761. The number of fused-ring (bicyclic) bond motifs is 1. The number of nitrogens with one attached hydrogen (secondary N) is 1. The summed E-state index contributed by atoms with van der Waals surface area (Å²) in [6, 6.07) is 0.420. The predicted octanol–water partition coefficient (Wildman–Crippen LogP) is 1.50. The Labute approximate surface area is 183 Å². The lowest BCUT2D eigenvalue weighted by Crippen LogP contribution is -2.47. The lowest BCUT2D eigenvalue weighted by atomic mass is 9.97. The van der Waals surface area contributed by atoms with Crippen LogP contribution in [0.15, 0.2) is 18.6 Å². The number of hydrogen-bond donors (Lipinski definition) is 2. The Morgan fingerprint density at radius 2 is 1.91 bits per heavy atom. The largest absolute Gasteiger partial charge is 0.490 e. The zero-order valence-corrected chi connectivity index (χ0v) is 17.5. The first kappa shape index (κ1) is 24.3. The van der Waals surface area contributed by atoms with Gasteiger partial charge in [0, 0.05) is 51.3 Å². The molecule has 12 heteroatoms. The molecular weight excluding hydrogens is 433 g/mol. The van der Waals surface area contributed by atoms with Gasteiger partial charge >= 0.3 is 12.1 Å². The minimum absolute atomic E-state index is 0.0136. The summed E-state index contributed by atoms with van der Waals surface area (Å²) in [4.78, 5) is 32.0. The molecule has 3 aliphatic heterocycles. The second-order valence-electron chi connectivity index (χ2n) is 8.03. The van der Waals surface area contributed by atoms with E-state index in [9.17, 15) is 18.0 Å². The highest BCUT2D eigenvalue weighted by atomic mass is 19.4. The summed E-state index contributed by atoms with van der Waals surface area (Å²) in [5.74, 6) is -2.24. The van der Waals surface area contributed by atoms with Crippen LogP contribution in [0.3, 0.4) is 0 Å². The van der Waals surface area contributed by atoms with E-state index in [1.54, 1.807) is 12.4 Å². The van der Waals surface area contributed by atoms with E-state index < -0.39 is 12.1 Å². The van der Waals surface area contributed by atoms with Crippen LogP contribution in [0.2, 0.25) is 0 Å². The van der Waals surface area contributed by atoms with E-state index >= 15 is 0 Å². The van der Waals surface area contributed by atoms with Crippen LogP contribution in [0.1, 0.15) is 36.2 Å². The lowest BCUT2D eigenvalue weighted by Gasteiger charge is -2.34. The van der Waals surface area contributed by atoms with Crippen LogP contribution in [-0.4, -0.2) is 89.1 Å². The van der Waals surface area contributed by atoms with Gasteiger partial charge in [-0.1, -0.05) is 0 Å². The smallest absolute Gasteiger partial charge is 0.475 e. The van der Waals surface area contributed by atoms with Crippen molar-refractivity contribution < 1.29 is 37.3 Å². The summed E-state index contributed by atoms with van der Waals surface area (Å²) in [6.45, 7) is 4.44. The molecule has 3 atom stereocenters. The molecule has 3 saturated heterocycles. The Kier molecular flexibility index (Phi) is 8.38. The number of carboxylic acid groups (broad SMARTS) is 1. The summed E-state index contributed by atoms with van der Waals surface area (Å²) in [7, 11) is 0. The van der Waals surface area contributed by atoms with Crippen molar-refractivity contribution in [1.29, 1.82) is 0 Å². The maximum atomic E-state index is 12.5. The van der Waals surface area contributed by atoms with E-state index in [-0.39, 0.29) is 18.1 Å². The fourth-order valence-electron chi connectivity index (χ4n) is 4.31. The molecule has 178 valence electrons. The van der Waals surface area contributed by atoms with Crippen LogP contribution in [0, 0.1) is 5.92 Å². The van der Waals surface area contributed by atoms with Crippen molar-refractivity contribution >= 4 is 11.9 Å². The quantitative estimate of drug-likeness (QED) is 0.695. The molecule has 1 aromatic rings. The van der Waals surface area contributed by atoms with Gasteiger partial charge in [0.15, 0.2) is 0 Å². The Hall–Kier alpha value is -2.31. The van der Waals surface area contributed by atoms with Gasteiger partial charge in [-0.25, -0.2) is 9.78 Å². The normalized spacial score (nSPS) is 26.5. The Balaban J connectivity index is 0.000000360. The summed E-state index contributed by atoms with van der Waals surface area (Å²) in [5, 5.41) is 10.3. The lowest BCUT2D eigenvalue weighted by molar-refractivity contribution is -0.192. The topological polar surface area (TPSA) is 114 Å². The second kappa shape index (κ2) is 11.0. The fourth-order valence-corrected chi connectivity index (χ4v) is 4.31. The molecule has 0 saturated carbocycles. The number of nitrogens with zero attached hydrogens (tertiary/aromatic N) is 3. The van der Waals surface area contributed by atoms with Gasteiger partial charge in [-0.3, -0.25) is 14.7 Å². The van der Waals surface area contributed by atoms with E-state index in [0.717, 1.165) is 58.6 Å². The number of ether oxygens (including phenoxy) is 2. The SMILES string of the molecule is O=C(N[C@H]1CN(CC2CCOCC2)[C@H]2CCCO[C@@H]12)c1cnccn1.O=C(O)C(F)(F)F. The highest BCUT2D eigenvalue weighted by Gasteiger charge is 2.45. The number of rotatable bonds is 4. The number of amides is 1. The molecule has 0 radical (unpaired) electrons. The maximum absolute atomic E-state index is 12.5. The zero-order chi connectivity index (χ0) is 23.1. The van der Waals surface area contributed by atoms with Crippen molar-refractivity contribution in [2.75, 3.05) is 32.9 Å². The number of aliphatic carboxylic acids is 1. The summed E-state index contributed by atoms with van der Waals surface area (Å²) < 4.78 is 43.3. The van der Waals surface area contributed by atoms with E-state index in [1.807, 2.05) is 0 Å². The number of likely N-dealkylation sites (tertiary alicyclic amines) is 1. The first-order valence-electron chi connectivity index (χ1n) is 10.6. The highest BCUT2D eigenvalue weighted by Crippen LogP contribution is 2.31. The number of carbonyl (C=O) groups excluding carboxylic acids is 1. The van der Waals surface area contributed by atoms with Gasteiger partial charge in [0.05, 0.1) is 18.3 Å². The molecule has 0 aliphatic carbocycles. The van der Waals surface area contributed by atoms with Crippen LogP contribution in [0.25, 0.3) is 0 Å². The highest BCUT2D eigenvalue weighted by molar-refractivity contribution is 5.92. The van der Waals surface area contributed by atoms with E-state index in [0.29, 0.717) is 17.7 Å². The summed E-state index contributed by atoms with van der Waals surface area (Å²) in [5.41, 5.74) is 0.359. The Morgan fingerprint density at radius 1 is 1.19 bits per heavy atom. The first-order chi connectivity index (χ1) is 15.3. The van der Waals surface area contributed by atoms with Gasteiger partial charge in [-0.2, -0.15) is 13.2 Å². The molecule has 32 heavy (non-hydrogen) atoms. The van der Waals surface area contributed by atoms with E-state index in [2.05, 4.69) is 20.2 Å². The van der Waals surface area contributed by atoms with Crippen molar-refractivity contribution in [3.8, 4) is 0 Å². The third-order valence-corrected chi connectivity index (χ3v) is 5.82. The van der Waals surface area contributed by atoms with Gasteiger partial charge < -0.3 is 19.9 Å². The summed E-state index contributed by atoms with van der Waals surface area (Å²) in [6.07, 6.45) is 4.11. The monoisotopic (exact) mass is 460 g/mol. The van der Waals surface area contributed by atoms with Crippen molar-refractivity contribution in [2.45, 2.75) is 50.0 Å². The molecule has 4 rings (SSSR count). The van der Waals surface area contributed by atoms with Gasteiger partial charge in [-0.15, -0.1) is 0 Å². The van der Waals surface area contributed by atoms with Crippen LogP contribution in [0.5, 0.6) is 0 Å². The average molecular weight is 460 g/mol. The molecule has 0 aromatic carbocycles. The molecule has 9 nitrogen and oxygen atoms in total. The molecule has 0 spiro atoms. The molecule has 3 fully saturated rings. The molecule has 4 heterocycles. The van der Waals surface area contributed by atoms with Crippen LogP contribution in [0.4, 0.5) is 13.2 Å². The first-order valence-corrected chi connectivity index (χ1v) is 10.6. The number of aromatic nitrogens is 2. The summed E-state index contributed by atoms with van der Waals surface area (Å²) >= 11 is 0. The number of alkyl halides is 3. The average Bonchev–Trinajstić information content (AvgIpc) is 3.12. The second-order valence-corrected chi connectivity index (χ2v) is 8.03. The van der Waals surface area contributed by atoms with Gasteiger partial charge in [0.25, 0.3) is 5.91 Å². The maximum Gasteiger partial charge on any atom is 0.490 e. The third kappa shape index (κ3) is 6.59. The van der Waals surface area contributed by atoms with E-state index in [1.165, 1.54) is 6.20 Å². The molecule has 0 unspecified atom stereocenters. The van der Waals surface area contributed by atoms with Crippen molar-refractivity contribution in [3.05, 3.63) is 24.3 Å². The zero-order valence-electron chi connectivity index (χ0n) is 17.5. The molecule has 1 amide bonds. The van der Waals surface area contributed by atoms with Crippen LogP contribution < -0.4 is 5.32 Å². The van der Waals surface area contributed by atoms with Crippen molar-refractivity contribution in [2.24, 2.45) is 5.92 Å².